The summed E-state index contributed by atoms with van der Waals surface area (Å²) in [6.07, 6.45) is -2.73. The Labute approximate surface area is 118 Å². The van der Waals surface area contributed by atoms with Gasteiger partial charge in [-0.15, -0.1) is 0 Å². The summed E-state index contributed by atoms with van der Waals surface area (Å²) >= 11 is 12.0. The number of hydrogen-bond donors (Lipinski definition) is 0. The molecule has 0 radical (unpaired) electrons. The van der Waals surface area contributed by atoms with Gasteiger partial charge in [-0.05, 0) is 6.07 Å². The SMILES string of the molecule is COc1cc(Cl)c(OC)c2c(Cl)cc(C(F)F)nc12. The molecular formula is C12H9Cl2F2NO2. The molecular weight excluding hydrogens is 299 g/mol. The Morgan fingerprint density at radius 1 is 1.11 bits per heavy atom. The molecule has 0 spiro atoms. The van der Waals surface area contributed by atoms with Crippen LogP contribution >= 0.6 is 23.2 Å². The maximum atomic E-state index is 12.8. The van der Waals surface area contributed by atoms with Gasteiger partial charge in [-0.3, -0.25) is 0 Å². The van der Waals surface area contributed by atoms with Crippen LogP contribution < -0.4 is 9.47 Å². The van der Waals surface area contributed by atoms with Crippen molar-refractivity contribution >= 4 is 34.1 Å². The van der Waals surface area contributed by atoms with Crippen LogP contribution in [0.1, 0.15) is 12.1 Å². The third kappa shape index (κ3) is 2.40. The smallest absolute Gasteiger partial charge is 0.280 e. The van der Waals surface area contributed by atoms with Crippen molar-refractivity contribution in [3.8, 4) is 11.5 Å². The molecule has 102 valence electrons. The fourth-order valence-electron chi connectivity index (χ4n) is 1.76. The molecule has 0 atom stereocenters. The minimum absolute atomic E-state index is 0.0814. The molecule has 7 heteroatoms. The van der Waals surface area contributed by atoms with E-state index in [9.17, 15) is 8.78 Å². The van der Waals surface area contributed by atoms with Gasteiger partial charge in [0, 0.05) is 6.07 Å². The molecule has 19 heavy (non-hydrogen) atoms. The summed E-state index contributed by atoms with van der Waals surface area (Å²) in [6.45, 7) is 0. The van der Waals surface area contributed by atoms with E-state index >= 15 is 0 Å². The lowest BCUT2D eigenvalue weighted by atomic mass is 10.1. The molecule has 0 N–H and O–H groups in total. The van der Waals surface area contributed by atoms with Crippen molar-refractivity contribution < 1.29 is 18.3 Å². The van der Waals surface area contributed by atoms with E-state index in [0.29, 0.717) is 5.39 Å². The summed E-state index contributed by atoms with van der Waals surface area (Å²) in [5, 5.41) is 0.691. The first kappa shape index (κ1) is 14.1. The number of pyridine rings is 1. The van der Waals surface area contributed by atoms with E-state index in [1.807, 2.05) is 0 Å². The number of benzene rings is 1. The van der Waals surface area contributed by atoms with Gasteiger partial charge in [0.1, 0.15) is 22.7 Å². The van der Waals surface area contributed by atoms with Gasteiger partial charge < -0.3 is 9.47 Å². The molecule has 0 aliphatic heterocycles. The average molecular weight is 308 g/mol. The third-order valence-corrected chi connectivity index (χ3v) is 3.15. The lowest BCUT2D eigenvalue weighted by molar-refractivity contribution is 0.146. The van der Waals surface area contributed by atoms with Crippen molar-refractivity contribution in [2.75, 3.05) is 14.2 Å². The molecule has 2 aromatic rings. The van der Waals surface area contributed by atoms with E-state index in [-0.39, 0.29) is 27.1 Å². The quantitative estimate of drug-likeness (QED) is 0.837. The van der Waals surface area contributed by atoms with Crippen molar-refractivity contribution in [1.82, 2.24) is 4.98 Å². The van der Waals surface area contributed by atoms with Crippen LogP contribution in [0.3, 0.4) is 0 Å². The molecule has 0 saturated carbocycles. The predicted molar refractivity (Wildman–Crippen MR) is 69.8 cm³/mol. The van der Waals surface area contributed by atoms with Gasteiger partial charge in [0.05, 0.1) is 29.7 Å². The number of hydrogen-bond acceptors (Lipinski definition) is 3. The highest BCUT2D eigenvalue weighted by molar-refractivity contribution is 6.38. The molecule has 1 heterocycles. The summed E-state index contributed by atoms with van der Waals surface area (Å²) in [6, 6.07) is 2.54. The Morgan fingerprint density at radius 3 is 2.32 bits per heavy atom. The predicted octanol–water partition coefficient (Wildman–Crippen LogP) is 4.50. The molecule has 0 unspecified atom stereocenters. The fraction of sp³-hybridized carbons (Fsp3) is 0.250. The van der Waals surface area contributed by atoms with E-state index in [4.69, 9.17) is 32.7 Å². The second-order valence-corrected chi connectivity index (χ2v) is 4.46. The van der Waals surface area contributed by atoms with Crippen LogP contribution in [0.15, 0.2) is 12.1 Å². The molecule has 0 aliphatic carbocycles. The zero-order valence-electron chi connectivity index (χ0n) is 10.0. The van der Waals surface area contributed by atoms with Crippen LogP contribution in [-0.4, -0.2) is 19.2 Å². The van der Waals surface area contributed by atoms with Crippen LogP contribution in [0.25, 0.3) is 10.9 Å². The minimum Gasteiger partial charge on any atom is -0.494 e. The normalized spacial score (nSPS) is 11.1. The number of halogens is 4. The van der Waals surface area contributed by atoms with Gasteiger partial charge in [0.2, 0.25) is 0 Å². The molecule has 1 aromatic heterocycles. The van der Waals surface area contributed by atoms with Gasteiger partial charge in [-0.25, -0.2) is 13.8 Å². The molecule has 0 aliphatic rings. The average Bonchev–Trinajstić information content (AvgIpc) is 2.38. The maximum absolute atomic E-state index is 12.8. The number of nitrogens with zero attached hydrogens (tertiary/aromatic N) is 1. The molecule has 0 fully saturated rings. The van der Waals surface area contributed by atoms with Crippen molar-refractivity contribution in [1.29, 1.82) is 0 Å². The number of rotatable bonds is 3. The standard InChI is InChI=1S/C12H9Cl2F2NO2/c1-18-8-4-6(14)11(19-2)9-5(13)3-7(12(15)16)17-10(8)9/h3-4,12H,1-2H3. The molecule has 0 bridgehead atoms. The first-order valence-electron chi connectivity index (χ1n) is 5.18. The van der Waals surface area contributed by atoms with E-state index in [1.165, 1.54) is 20.3 Å². The molecule has 3 nitrogen and oxygen atoms in total. The maximum Gasteiger partial charge on any atom is 0.280 e. The second-order valence-electron chi connectivity index (χ2n) is 3.65. The summed E-state index contributed by atoms with van der Waals surface area (Å²) in [4.78, 5) is 3.86. The lowest BCUT2D eigenvalue weighted by Gasteiger charge is -2.13. The van der Waals surface area contributed by atoms with Crippen molar-refractivity contribution in [3.05, 3.63) is 27.9 Å². The monoisotopic (exact) mass is 307 g/mol. The summed E-state index contributed by atoms with van der Waals surface area (Å²) < 4.78 is 35.7. The number of aromatic nitrogens is 1. The summed E-state index contributed by atoms with van der Waals surface area (Å²) in [7, 11) is 2.80. The Bertz CT molecular complexity index is 635. The van der Waals surface area contributed by atoms with Crippen LogP contribution in [0.2, 0.25) is 10.0 Å². The lowest BCUT2D eigenvalue weighted by Crippen LogP contribution is -1.97. The van der Waals surface area contributed by atoms with Crippen LogP contribution in [0, 0.1) is 0 Å². The number of fused-ring (bicyclic) bond motifs is 1. The number of alkyl halides is 2. The van der Waals surface area contributed by atoms with E-state index in [0.717, 1.165) is 6.07 Å². The van der Waals surface area contributed by atoms with Gasteiger partial charge in [0.15, 0.2) is 0 Å². The van der Waals surface area contributed by atoms with Gasteiger partial charge in [0.25, 0.3) is 6.43 Å². The summed E-state index contributed by atoms with van der Waals surface area (Å²) in [5.74, 6) is 0.529. The largest absolute Gasteiger partial charge is 0.494 e. The van der Waals surface area contributed by atoms with Crippen LogP contribution in [-0.2, 0) is 0 Å². The Balaban J connectivity index is 2.91. The zero-order valence-corrected chi connectivity index (χ0v) is 11.5. The van der Waals surface area contributed by atoms with Crippen molar-refractivity contribution in [3.63, 3.8) is 0 Å². The third-order valence-electron chi connectivity index (χ3n) is 2.57. The first-order chi connectivity index (χ1) is 8.99. The summed E-state index contributed by atoms with van der Waals surface area (Å²) in [5.41, 5.74) is -0.244. The highest BCUT2D eigenvalue weighted by atomic mass is 35.5. The van der Waals surface area contributed by atoms with E-state index in [1.54, 1.807) is 0 Å². The number of methoxy groups -OCH3 is 2. The number of ether oxygens (including phenoxy) is 2. The molecule has 0 amide bonds. The van der Waals surface area contributed by atoms with E-state index in [2.05, 4.69) is 4.98 Å². The van der Waals surface area contributed by atoms with Crippen molar-refractivity contribution in [2.24, 2.45) is 0 Å². The fourth-order valence-corrected chi connectivity index (χ4v) is 2.32. The highest BCUT2D eigenvalue weighted by Gasteiger charge is 2.20. The second kappa shape index (κ2) is 5.35. The minimum atomic E-state index is -2.73. The topological polar surface area (TPSA) is 31.4 Å². The van der Waals surface area contributed by atoms with Crippen molar-refractivity contribution in [2.45, 2.75) is 6.43 Å². The van der Waals surface area contributed by atoms with E-state index < -0.39 is 12.1 Å². The van der Waals surface area contributed by atoms with Crippen LogP contribution in [0.4, 0.5) is 8.78 Å². The Morgan fingerprint density at radius 2 is 1.79 bits per heavy atom. The Hall–Kier alpha value is -1.33. The molecule has 0 saturated heterocycles. The van der Waals surface area contributed by atoms with Gasteiger partial charge >= 0.3 is 0 Å². The molecule has 2 rings (SSSR count). The highest BCUT2D eigenvalue weighted by Crippen LogP contribution is 2.42. The van der Waals surface area contributed by atoms with Gasteiger partial charge in [-0.2, -0.15) is 0 Å². The zero-order chi connectivity index (χ0) is 14.2. The van der Waals surface area contributed by atoms with Crippen LogP contribution in [0.5, 0.6) is 11.5 Å². The Kier molecular flexibility index (Phi) is 3.96. The van der Waals surface area contributed by atoms with Gasteiger partial charge in [-0.1, -0.05) is 23.2 Å². The molecule has 1 aromatic carbocycles. The first-order valence-corrected chi connectivity index (χ1v) is 5.94.